The second-order valence-electron chi connectivity index (χ2n) is 10.3. The van der Waals surface area contributed by atoms with Crippen LogP contribution in [0, 0.1) is 30.1 Å². The number of benzene rings is 2. The molecule has 0 spiro atoms. The third-order valence-electron chi connectivity index (χ3n) is 7.72. The van der Waals surface area contributed by atoms with Gasteiger partial charge in [-0.3, -0.25) is 0 Å². The van der Waals surface area contributed by atoms with E-state index in [1.54, 1.807) is 11.3 Å². The van der Waals surface area contributed by atoms with Crippen molar-refractivity contribution in [1.82, 2.24) is 10.3 Å². The number of aromatic nitrogens is 1. The molecule has 0 saturated heterocycles. The Balaban J connectivity index is 1.09. The molecule has 4 nitrogen and oxygen atoms in total. The van der Waals surface area contributed by atoms with Crippen molar-refractivity contribution < 1.29 is 4.79 Å². The summed E-state index contributed by atoms with van der Waals surface area (Å²) in [7, 11) is 0. The quantitative estimate of drug-likeness (QED) is 0.488. The van der Waals surface area contributed by atoms with Gasteiger partial charge in [0.1, 0.15) is 5.01 Å². The lowest BCUT2D eigenvalue weighted by molar-refractivity contribution is -0.0496. The lowest BCUT2D eigenvalue weighted by Gasteiger charge is -2.56. The average Bonchev–Trinajstić information content (AvgIpc) is 3.15. The number of fused-ring (bicyclic) bond motifs is 1. The van der Waals surface area contributed by atoms with E-state index in [0.29, 0.717) is 5.41 Å². The number of nitrogens with zero attached hydrogens (tertiary/aromatic N) is 1. The number of thiazole rings is 1. The van der Waals surface area contributed by atoms with E-state index in [1.807, 2.05) is 24.3 Å². The average molecular weight is 432 g/mol. The van der Waals surface area contributed by atoms with Crippen molar-refractivity contribution in [3.63, 3.8) is 0 Å². The predicted octanol–water partition coefficient (Wildman–Crippen LogP) is 6.61. The van der Waals surface area contributed by atoms with Crippen LogP contribution in [0.2, 0.25) is 0 Å². The third-order valence-corrected chi connectivity index (χ3v) is 8.79. The molecule has 0 aliphatic heterocycles. The smallest absolute Gasteiger partial charge is 0.319 e. The molecule has 2 N–H and O–H groups in total. The van der Waals surface area contributed by atoms with Crippen LogP contribution in [0.4, 0.5) is 10.5 Å². The highest BCUT2D eigenvalue weighted by atomic mass is 32.1. The number of hydrogen-bond acceptors (Lipinski definition) is 3. The van der Waals surface area contributed by atoms with Crippen LogP contribution in [-0.2, 0) is 0 Å². The molecular formula is C26H29N3OS. The molecule has 5 heteroatoms. The fourth-order valence-electron chi connectivity index (χ4n) is 6.80. The number of rotatable bonds is 4. The first-order chi connectivity index (χ1) is 15.0. The van der Waals surface area contributed by atoms with Gasteiger partial charge in [0, 0.05) is 17.8 Å². The maximum Gasteiger partial charge on any atom is 0.319 e. The topological polar surface area (TPSA) is 54.0 Å². The lowest BCUT2D eigenvalue weighted by Crippen LogP contribution is -2.51. The number of aryl methyl sites for hydroxylation is 1. The van der Waals surface area contributed by atoms with Crippen molar-refractivity contribution >= 4 is 33.3 Å². The Hall–Kier alpha value is -2.40. The molecular weight excluding hydrogens is 402 g/mol. The summed E-state index contributed by atoms with van der Waals surface area (Å²) in [6.45, 7) is 2.93. The maximum atomic E-state index is 12.6. The minimum absolute atomic E-state index is 0.0843. The van der Waals surface area contributed by atoms with E-state index in [2.05, 4.69) is 35.8 Å². The fourth-order valence-corrected chi connectivity index (χ4v) is 7.87. The molecule has 3 aromatic rings. The molecule has 4 aliphatic rings. The molecule has 7 rings (SSSR count). The van der Waals surface area contributed by atoms with Crippen molar-refractivity contribution in [3.05, 3.63) is 48.0 Å². The number of nitrogens with one attached hydrogen (secondary N) is 2. The number of urea groups is 1. The maximum absolute atomic E-state index is 12.6. The number of hydrogen-bond donors (Lipinski definition) is 2. The van der Waals surface area contributed by atoms with Gasteiger partial charge in [-0.15, -0.1) is 11.3 Å². The zero-order valence-electron chi connectivity index (χ0n) is 18.0. The molecule has 0 unspecified atom stereocenters. The monoisotopic (exact) mass is 431 g/mol. The summed E-state index contributed by atoms with van der Waals surface area (Å²) in [6.07, 6.45) is 8.26. The summed E-state index contributed by atoms with van der Waals surface area (Å²) in [6, 6.07) is 14.3. The highest BCUT2D eigenvalue weighted by Crippen LogP contribution is 2.59. The summed E-state index contributed by atoms with van der Waals surface area (Å²) in [5.74, 6) is 2.74. The van der Waals surface area contributed by atoms with Crippen molar-refractivity contribution in [2.24, 2.45) is 23.2 Å². The standard InChI is InChI=1S/C26H29N3OS/c1-16-2-7-22-23(8-16)31-24(29-22)20-3-5-21(6-4-20)28-25(30)27-15-26-12-17-9-18(13-26)11-19(10-17)14-26/h2-8,17-19H,9-15H2,1H3,(H2,27,28,30). The fraction of sp³-hybridized carbons (Fsp3) is 0.462. The normalized spacial score (nSPS) is 28.7. The summed E-state index contributed by atoms with van der Waals surface area (Å²) in [4.78, 5) is 17.3. The zero-order chi connectivity index (χ0) is 21.0. The molecule has 2 aromatic carbocycles. The van der Waals surface area contributed by atoms with Crippen molar-refractivity contribution in [3.8, 4) is 10.6 Å². The molecule has 31 heavy (non-hydrogen) atoms. The van der Waals surface area contributed by atoms with Crippen LogP contribution in [0.25, 0.3) is 20.8 Å². The van der Waals surface area contributed by atoms with Crippen LogP contribution in [0.3, 0.4) is 0 Å². The van der Waals surface area contributed by atoms with Crippen LogP contribution in [-0.4, -0.2) is 17.6 Å². The molecule has 4 saturated carbocycles. The molecule has 1 aromatic heterocycles. The second kappa shape index (κ2) is 7.33. The second-order valence-corrected chi connectivity index (χ2v) is 11.3. The highest BCUT2D eigenvalue weighted by molar-refractivity contribution is 7.21. The van der Waals surface area contributed by atoms with Gasteiger partial charge < -0.3 is 10.6 Å². The summed E-state index contributed by atoms with van der Waals surface area (Å²) in [5, 5.41) is 7.23. The van der Waals surface area contributed by atoms with Crippen LogP contribution < -0.4 is 10.6 Å². The Kier molecular flexibility index (Phi) is 4.57. The Morgan fingerprint density at radius 3 is 2.39 bits per heavy atom. The number of anilines is 1. The number of amides is 2. The van der Waals surface area contributed by atoms with Crippen LogP contribution in [0.1, 0.15) is 44.1 Å². The summed E-state index contributed by atoms with van der Waals surface area (Å²) >= 11 is 1.71. The van der Waals surface area contributed by atoms with Crippen molar-refractivity contribution in [2.45, 2.75) is 45.4 Å². The van der Waals surface area contributed by atoms with Gasteiger partial charge in [0.2, 0.25) is 0 Å². The Bertz CT molecular complexity index is 1100. The molecule has 160 valence electrons. The molecule has 1 heterocycles. The van der Waals surface area contributed by atoms with Crippen LogP contribution in [0.15, 0.2) is 42.5 Å². The SMILES string of the molecule is Cc1ccc2nc(-c3ccc(NC(=O)NCC45CC6CC(CC(C6)C4)C5)cc3)sc2c1. The zero-order valence-corrected chi connectivity index (χ0v) is 18.8. The van der Waals surface area contributed by atoms with Crippen LogP contribution >= 0.6 is 11.3 Å². The van der Waals surface area contributed by atoms with E-state index < -0.39 is 0 Å². The van der Waals surface area contributed by atoms with Gasteiger partial charge in [-0.25, -0.2) is 9.78 Å². The Labute approximate surface area is 187 Å². The third kappa shape index (κ3) is 3.73. The van der Waals surface area contributed by atoms with Gasteiger partial charge in [0.25, 0.3) is 0 Å². The van der Waals surface area contributed by atoms with E-state index in [9.17, 15) is 4.79 Å². The van der Waals surface area contributed by atoms with E-state index in [1.165, 1.54) is 48.8 Å². The molecule has 0 radical (unpaired) electrons. The van der Waals surface area contributed by atoms with Crippen LogP contribution in [0.5, 0.6) is 0 Å². The predicted molar refractivity (Wildman–Crippen MR) is 127 cm³/mol. The largest absolute Gasteiger partial charge is 0.337 e. The molecule has 4 aliphatic carbocycles. The highest BCUT2D eigenvalue weighted by Gasteiger charge is 2.50. The minimum atomic E-state index is -0.0843. The molecule has 4 fully saturated rings. The summed E-state index contributed by atoms with van der Waals surface area (Å²) in [5.41, 5.74) is 4.56. The van der Waals surface area contributed by atoms with Gasteiger partial charge in [-0.2, -0.15) is 0 Å². The van der Waals surface area contributed by atoms with Gasteiger partial charge in [-0.1, -0.05) is 6.07 Å². The van der Waals surface area contributed by atoms with Gasteiger partial charge in [0.05, 0.1) is 10.2 Å². The first-order valence-corrected chi connectivity index (χ1v) is 12.4. The van der Waals surface area contributed by atoms with Crippen molar-refractivity contribution in [1.29, 1.82) is 0 Å². The van der Waals surface area contributed by atoms with E-state index in [0.717, 1.165) is 46.1 Å². The lowest BCUT2D eigenvalue weighted by atomic mass is 9.49. The van der Waals surface area contributed by atoms with E-state index in [4.69, 9.17) is 4.98 Å². The Morgan fingerprint density at radius 2 is 1.71 bits per heavy atom. The molecule has 0 atom stereocenters. The first kappa shape index (κ1) is 19.3. The van der Waals surface area contributed by atoms with Crippen molar-refractivity contribution in [2.75, 3.05) is 11.9 Å². The first-order valence-electron chi connectivity index (χ1n) is 11.6. The number of carbonyl (C=O) groups is 1. The number of carbonyl (C=O) groups excluding carboxylic acids is 1. The molecule has 2 amide bonds. The Morgan fingerprint density at radius 1 is 1.03 bits per heavy atom. The van der Waals surface area contributed by atoms with E-state index >= 15 is 0 Å². The van der Waals surface area contributed by atoms with E-state index in [-0.39, 0.29) is 6.03 Å². The molecule has 4 bridgehead atoms. The van der Waals surface area contributed by atoms with Gasteiger partial charge in [0.15, 0.2) is 0 Å². The minimum Gasteiger partial charge on any atom is -0.337 e. The summed E-state index contributed by atoms with van der Waals surface area (Å²) < 4.78 is 1.21. The van der Waals surface area contributed by atoms with Gasteiger partial charge in [-0.05, 0) is 111 Å². The van der Waals surface area contributed by atoms with Gasteiger partial charge >= 0.3 is 6.03 Å².